The van der Waals surface area contributed by atoms with Gasteiger partial charge in [0.1, 0.15) is 0 Å². The monoisotopic (exact) mass is 334 g/mol. The Bertz CT molecular complexity index is 619. The number of aliphatic hydroxyl groups excluding tert-OH is 2. The zero-order valence-corrected chi connectivity index (χ0v) is 13.4. The van der Waals surface area contributed by atoms with Crippen molar-refractivity contribution < 1.29 is 15.0 Å². The van der Waals surface area contributed by atoms with Crippen molar-refractivity contribution in [2.24, 2.45) is 0 Å². The van der Waals surface area contributed by atoms with E-state index in [0.29, 0.717) is 17.1 Å². The van der Waals surface area contributed by atoms with Gasteiger partial charge in [0.25, 0.3) is 0 Å². The third kappa shape index (κ3) is 5.32. The number of pyridine rings is 1. The van der Waals surface area contributed by atoms with Gasteiger partial charge in [-0.2, -0.15) is 0 Å². The zero-order chi connectivity index (χ0) is 16.7. The average molecular weight is 335 g/mol. The highest BCUT2D eigenvalue weighted by Gasteiger charge is 2.19. The maximum Gasteiger partial charge on any atom is 0.225 e. The predicted octanol–water partition coefficient (Wildman–Crippen LogP) is 2.18. The SMILES string of the molecule is O=C(CC(O)c1ccc(Cl)cc1)N(CCO)Cc1cccnc1. The van der Waals surface area contributed by atoms with Crippen molar-refractivity contribution in [3.63, 3.8) is 0 Å². The number of carbonyl (C=O) groups excluding carboxylic acids is 1. The van der Waals surface area contributed by atoms with Gasteiger partial charge in [0.05, 0.1) is 19.1 Å². The molecule has 0 saturated carbocycles. The minimum Gasteiger partial charge on any atom is -0.395 e. The van der Waals surface area contributed by atoms with E-state index >= 15 is 0 Å². The van der Waals surface area contributed by atoms with Crippen LogP contribution in [0.5, 0.6) is 0 Å². The molecule has 23 heavy (non-hydrogen) atoms. The van der Waals surface area contributed by atoms with Crippen molar-refractivity contribution in [3.05, 3.63) is 64.9 Å². The van der Waals surface area contributed by atoms with E-state index in [-0.39, 0.29) is 25.5 Å². The topological polar surface area (TPSA) is 73.7 Å². The first-order valence-electron chi connectivity index (χ1n) is 7.31. The van der Waals surface area contributed by atoms with Crippen LogP contribution in [0.3, 0.4) is 0 Å². The lowest BCUT2D eigenvalue weighted by Crippen LogP contribution is -2.34. The Morgan fingerprint density at radius 2 is 2.00 bits per heavy atom. The molecule has 0 bridgehead atoms. The molecular weight excluding hydrogens is 316 g/mol. The minimum absolute atomic E-state index is 0.0537. The standard InChI is InChI=1S/C17H19ClN2O3/c18-15-5-3-14(4-6-15)16(22)10-17(23)20(8-9-21)12-13-2-1-7-19-11-13/h1-7,11,16,21-22H,8-10,12H2. The highest BCUT2D eigenvalue weighted by Crippen LogP contribution is 2.20. The number of aromatic nitrogens is 1. The van der Waals surface area contributed by atoms with Gasteiger partial charge >= 0.3 is 0 Å². The zero-order valence-electron chi connectivity index (χ0n) is 12.6. The van der Waals surface area contributed by atoms with Crippen LogP contribution >= 0.6 is 11.6 Å². The molecule has 2 aromatic rings. The Morgan fingerprint density at radius 1 is 1.26 bits per heavy atom. The number of hydrogen-bond acceptors (Lipinski definition) is 4. The van der Waals surface area contributed by atoms with Gasteiger partial charge in [0.2, 0.25) is 5.91 Å². The van der Waals surface area contributed by atoms with Crippen molar-refractivity contribution in [1.29, 1.82) is 0 Å². The van der Waals surface area contributed by atoms with Gasteiger partial charge in [0.15, 0.2) is 0 Å². The summed E-state index contributed by atoms with van der Waals surface area (Å²) in [6.45, 7) is 0.421. The summed E-state index contributed by atoms with van der Waals surface area (Å²) in [6, 6.07) is 10.4. The van der Waals surface area contributed by atoms with Gasteiger partial charge < -0.3 is 15.1 Å². The second kappa shape index (κ2) is 8.62. The van der Waals surface area contributed by atoms with Gasteiger partial charge in [-0.25, -0.2) is 0 Å². The first-order chi connectivity index (χ1) is 11.1. The molecule has 0 saturated heterocycles. The van der Waals surface area contributed by atoms with Crippen LogP contribution in [-0.4, -0.2) is 39.2 Å². The Hall–Kier alpha value is -1.95. The lowest BCUT2D eigenvalue weighted by Gasteiger charge is -2.23. The quantitative estimate of drug-likeness (QED) is 0.814. The first kappa shape index (κ1) is 17.4. The van der Waals surface area contributed by atoms with Crippen LogP contribution in [0.25, 0.3) is 0 Å². The number of benzene rings is 1. The second-order valence-corrected chi connectivity index (χ2v) is 5.61. The summed E-state index contributed by atoms with van der Waals surface area (Å²) in [5, 5.41) is 19.9. The van der Waals surface area contributed by atoms with Crippen molar-refractivity contribution in [2.45, 2.75) is 19.1 Å². The Kier molecular flexibility index (Phi) is 6.52. The summed E-state index contributed by atoms with van der Waals surface area (Å²) in [7, 11) is 0. The molecule has 1 aromatic heterocycles. The number of rotatable bonds is 7. The number of nitrogens with zero attached hydrogens (tertiary/aromatic N) is 2. The second-order valence-electron chi connectivity index (χ2n) is 5.17. The predicted molar refractivity (Wildman–Crippen MR) is 87.8 cm³/mol. The maximum absolute atomic E-state index is 12.4. The third-order valence-corrected chi connectivity index (χ3v) is 3.69. The van der Waals surface area contributed by atoms with Gasteiger partial charge in [-0.3, -0.25) is 9.78 Å². The molecule has 0 aliphatic rings. The fraction of sp³-hybridized carbons (Fsp3) is 0.294. The molecular formula is C17H19ClN2O3. The van der Waals surface area contributed by atoms with Crippen LogP contribution in [0.2, 0.25) is 5.02 Å². The normalized spacial score (nSPS) is 12.0. The minimum atomic E-state index is -0.908. The molecule has 0 aliphatic heterocycles. The van der Waals surface area contributed by atoms with Crippen molar-refractivity contribution >= 4 is 17.5 Å². The van der Waals surface area contributed by atoms with Crippen LogP contribution in [-0.2, 0) is 11.3 Å². The van der Waals surface area contributed by atoms with Gasteiger partial charge in [-0.05, 0) is 29.3 Å². The molecule has 0 radical (unpaired) electrons. The molecule has 0 fully saturated rings. The van der Waals surface area contributed by atoms with Crippen molar-refractivity contribution in [3.8, 4) is 0 Å². The number of carbonyl (C=O) groups is 1. The first-order valence-corrected chi connectivity index (χ1v) is 7.69. The summed E-state index contributed by atoms with van der Waals surface area (Å²) in [4.78, 5) is 17.9. The van der Waals surface area contributed by atoms with E-state index in [1.165, 1.54) is 4.90 Å². The van der Waals surface area contributed by atoms with Gasteiger partial charge in [-0.1, -0.05) is 29.8 Å². The molecule has 5 nitrogen and oxygen atoms in total. The van der Waals surface area contributed by atoms with Crippen LogP contribution in [0.15, 0.2) is 48.8 Å². The molecule has 0 aliphatic carbocycles. The summed E-state index contributed by atoms with van der Waals surface area (Å²) >= 11 is 5.81. The summed E-state index contributed by atoms with van der Waals surface area (Å²) in [6.07, 6.45) is 2.37. The molecule has 1 amide bonds. The Labute approximate surface area is 140 Å². The molecule has 1 atom stereocenters. The highest BCUT2D eigenvalue weighted by atomic mass is 35.5. The fourth-order valence-corrected chi connectivity index (χ4v) is 2.35. The van der Waals surface area contributed by atoms with Gasteiger partial charge in [0, 0.05) is 30.5 Å². The number of halogens is 1. The number of amides is 1. The average Bonchev–Trinajstić information content (AvgIpc) is 2.56. The maximum atomic E-state index is 12.4. The molecule has 122 valence electrons. The van der Waals surface area contributed by atoms with E-state index in [9.17, 15) is 9.90 Å². The number of aliphatic hydroxyl groups is 2. The molecule has 1 unspecified atom stereocenters. The van der Waals surface area contributed by atoms with E-state index in [2.05, 4.69) is 4.98 Å². The molecule has 2 N–H and O–H groups in total. The van der Waals surface area contributed by atoms with Crippen LogP contribution in [0, 0.1) is 0 Å². The largest absolute Gasteiger partial charge is 0.395 e. The third-order valence-electron chi connectivity index (χ3n) is 3.44. The highest BCUT2D eigenvalue weighted by molar-refractivity contribution is 6.30. The van der Waals surface area contributed by atoms with E-state index in [4.69, 9.17) is 16.7 Å². The lowest BCUT2D eigenvalue weighted by atomic mass is 10.1. The summed E-state index contributed by atoms with van der Waals surface area (Å²) in [5.41, 5.74) is 1.50. The lowest BCUT2D eigenvalue weighted by molar-refractivity contribution is -0.134. The Balaban J connectivity index is 2.01. The van der Waals surface area contributed by atoms with Crippen molar-refractivity contribution in [1.82, 2.24) is 9.88 Å². The Morgan fingerprint density at radius 3 is 2.61 bits per heavy atom. The molecule has 6 heteroatoms. The molecule has 0 spiro atoms. The molecule has 2 rings (SSSR count). The van der Waals surface area contributed by atoms with Gasteiger partial charge in [-0.15, -0.1) is 0 Å². The molecule has 1 aromatic carbocycles. The summed E-state index contributed by atoms with van der Waals surface area (Å²) in [5.74, 6) is -0.231. The fourth-order valence-electron chi connectivity index (χ4n) is 2.22. The van der Waals surface area contributed by atoms with Crippen molar-refractivity contribution in [2.75, 3.05) is 13.2 Å². The van der Waals surface area contributed by atoms with E-state index in [1.54, 1.807) is 42.7 Å². The van der Waals surface area contributed by atoms with Crippen LogP contribution < -0.4 is 0 Å². The van der Waals surface area contributed by atoms with E-state index < -0.39 is 6.10 Å². The van der Waals surface area contributed by atoms with Crippen LogP contribution in [0.4, 0.5) is 0 Å². The smallest absolute Gasteiger partial charge is 0.225 e. The van der Waals surface area contributed by atoms with Crippen LogP contribution in [0.1, 0.15) is 23.7 Å². The van der Waals surface area contributed by atoms with E-state index in [0.717, 1.165) is 5.56 Å². The van der Waals surface area contributed by atoms with E-state index in [1.807, 2.05) is 6.07 Å². The number of hydrogen-bond donors (Lipinski definition) is 2. The summed E-state index contributed by atoms with van der Waals surface area (Å²) < 4.78 is 0. The molecule has 1 heterocycles.